The SMILES string of the molecule is C=CC/C=C\C/C=C\C/C=C\C/C=C\CC. The highest BCUT2D eigenvalue weighted by Crippen LogP contribution is 1.94. The molecule has 0 aromatic heterocycles. The summed E-state index contributed by atoms with van der Waals surface area (Å²) in [4.78, 5) is 0. The fourth-order valence-electron chi connectivity index (χ4n) is 1.17. The summed E-state index contributed by atoms with van der Waals surface area (Å²) >= 11 is 0. The molecule has 0 saturated heterocycles. The second kappa shape index (κ2) is 13.7. The molecular formula is C16H24. The molecule has 0 heteroatoms. The van der Waals surface area contributed by atoms with E-state index in [4.69, 9.17) is 0 Å². The Morgan fingerprint density at radius 3 is 1.38 bits per heavy atom. The monoisotopic (exact) mass is 216 g/mol. The van der Waals surface area contributed by atoms with Crippen molar-refractivity contribution in [3.63, 3.8) is 0 Å². The average Bonchev–Trinajstić information content (AvgIpc) is 2.31. The zero-order valence-corrected chi connectivity index (χ0v) is 10.4. The Bertz CT molecular complexity index is 251. The van der Waals surface area contributed by atoms with Crippen molar-refractivity contribution in [3.05, 3.63) is 61.3 Å². The Hall–Kier alpha value is -1.30. The predicted molar refractivity (Wildman–Crippen MR) is 75.5 cm³/mol. The van der Waals surface area contributed by atoms with Gasteiger partial charge in [0, 0.05) is 0 Å². The summed E-state index contributed by atoms with van der Waals surface area (Å²) in [6.45, 7) is 5.82. The second-order valence-corrected chi connectivity index (χ2v) is 3.53. The minimum atomic E-state index is 0.970. The van der Waals surface area contributed by atoms with Crippen LogP contribution in [0.1, 0.15) is 39.0 Å². The van der Waals surface area contributed by atoms with Crippen LogP contribution >= 0.6 is 0 Å². The van der Waals surface area contributed by atoms with Crippen LogP contribution < -0.4 is 0 Å². The van der Waals surface area contributed by atoms with Crippen LogP contribution in [-0.4, -0.2) is 0 Å². The molecule has 0 atom stereocenters. The second-order valence-electron chi connectivity index (χ2n) is 3.53. The van der Waals surface area contributed by atoms with E-state index in [1.54, 1.807) is 0 Å². The van der Waals surface area contributed by atoms with Crippen molar-refractivity contribution in [2.75, 3.05) is 0 Å². The minimum absolute atomic E-state index is 0.970. The van der Waals surface area contributed by atoms with Crippen LogP contribution in [0, 0.1) is 0 Å². The summed E-state index contributed by atoms with van der Waals surface area (Å²) in [7, 11) is 0. The van der Waals surface area contributed by atoms with E-state index in [1.165, 1.54) is 0 Å². The van der Waals surface area contributed by atoms with E-state index in [-0.39, 0.29) is 0 Å². The molecule has 88 valence electrons. The molecule has 0 aliphatic heterocycles. The summed E-state index contributed by atoms with van der Waals surface area (Å²) in [5, 5.41) is 0. The molecule has 0 aromatic rings. The van der Waals surface area contributed by atoms with Crippen molar-refractivity contribution in [2.24, 2.45) is 0 Å². The van der Waals surface area contributed by atoms with E-state index >= 15 is 0 Å². The third-order valence-electron chi connectivity index (χ3n) is 2.02. The lowest BCUT2D eigenvalue weighted by molar-refractivity contribution is 1.19. The van der Waals surface area contributed by atoms with Crippen LogP contribution in [0.4, 0.5) is 0 Å². The summed E-state index contributed by atoms with van der Waals surface area (Å²) in [6, 6.07) is 0. The molecule has 0 saturated carbocycles. The van der Waals surface area contributed by atoms with Gasteiger partial charge in [0.1, 0.15) is 0 Å². The third kappa shape index (κ3) is 12.7. The molecule has 0 fully saturated rings. The lowest BCUT2D eigenvalue weighted by atomic mass is 10.2. The number of hydrogen-bond acceptors (Lipinski definition) is 0. The van der Waals surface area contributed by atoms with Crippen molar-refractivity contribution >= 4 is 0 Å². The van der Waals surface area contributed by atoms with Gasteiger partial charge < -0.3 is 0 Å². The first-order valence-electron chi connectivity index (χ1n) is 6.12. The molecule has 0 heterocycles. The summed E-state index contributed by atoms with van der Waals surface area (Å²) in [5.74, 6) is 0. The van der Waals surface area contributed by atoms with Crippen LogP contribution in [0.3, 0.4) is 0 Å². The van der Waals surface area contributed by atoms with Gasteiger partial charge in [0.05, 0.1) is 0 Å². The lowest BCUT2D eigenvalue weighted by Crippen LogP contribution is -1.63. The molecule has 16 heavy (non-hydrogen) atoms. The van der Waals surface area contributed by atoms with Gasteiger partial charge in [-0.3, -0.25) is 0 Å². The largest absolute Gasteiger partial charge is 0.103 e. The Kier molecular flexibility index (Phi) is 12.6. The van der Waals surface area contributed by atoms with E-state index in [0.717, 1.165) is 32.1 Å². The van der Waals surface area contributed by atoms with Gasteiger partial charge in [-0.2, -0.15) is 0 Å². The fourth-order valence-corrected chi connectivity index (χ4v) is 1.17. The Labute approximate surface area is 101 Å². The quantitative estimate of drug-likeness (QED) is 0.455. The van der Waals surface area contributed by atoms with Crippen LogP contribution in [0.25, 0.3) is 0 Å². The van der Waals surface area contributed by atoms with Gasteiger partial charge in [0.25, 0.3) is 0 Å². The van der Waals surface area contributed by atoms with Gasteiger partial charge in [-0.1, -0.05) is 61.6 Å². The van der Waals surface area contributed by atoms with E-state index in [0.29, 0.717) is 0 Å². The minimum Gasteiger partial charge on any atom is -0.103 e. The highest BCUT2D eigenvalue weighted by molar-refractivity contribution is 4.99. The topological polar surface area (TPSA) is 0 Å². The molecule has 0 bridgehead atoms. The van der Waals surface area contributed by atoms with Gasteiger partial charge in [-0.05, 0) is 32.1 Å². The summed E-state index contributed by atoms with van der Waals surface area (Å²) in [6.07, 6.45) is 24.7. The maximum absolute atomic E-state index is 3.67. The molecule has 0 aliphatic rings. The molecule has 0 amide bonds. The van der Waals surface area contributed by atoms with Crippen molar-refractivity contribution < 1.29 is 0 Å². The van der Waals surface area contributed by atoms with Crippen molar-refractivity contribution in [1.82, 2.24) is 0 Å². The molecule has 0 unspecified atom stereocenters. The smallest absolute Gasteiger partial charge is 0.0169 e. The fraction of sp³-hybridized carbons (Fsp3) is 0.375. The van der Waals surface area contributed by atoms with Gasteiger partial charge in [-0.25, -0.2) is 0 Å². The van der Waals surface area contributed by atoms with Crippen molar-refractivity contribution in [1.29, 1.82) is 0 Å². The van der Waals surface area contributed by atoms with Crippen molar-refractivity contribution in [2.45, 2.75) is 39.0 Å². The van der Waals surface area contributed by atoms with Gasteiger partial charge in [0.2, 0.25) is 0 Å². The maximum atomic E-state index is 3.67. The first-order chi connectivity index (χ1) is 7.91. The number of hydrogen-bond donors (Lipinski definition) is 0. The number of rotatable bonds is 9. The normalized spacial score (nSPS) is 12.6. The highest BCUT2D eigenvalue weighted by atomic mass is 13.8. The van der Waals surface area contributed by atoms with E-state index < -0.39 is 0 Å². The lowest BCUT2D eigenvalue weighted by Gasteiger charge is -1.84. The molecule has 0 aliphatic carbocycles. The van der Waals surface area contributed by atoms with Gasteiger partial charge in [-0.15, -0.1) is 6.58 Å². The van der Waals surface area contributed by atoms with Crippen molar-refractivity contribution in [3.8, 4) is 0 Å². The molecule has 0 spiro atoms. The van der Waals surface area contributed by atoms with Crippen LogP contribution in [0.5, 0.6) is 0 Å². The zero-order chi connectivity index (χ0) is 11.9. The molecule has 0 N–H and O–H groups in total. The first-order valence-corrected chi connectivity index (χ1v) is 6.12. The van der Waals surface area contributed by atoms with E-state index in [2.05, 4.69) is 62.1 Å². The number of allylic oxidation sites excluding steroid dienone is 9. The first kappa shape index (κ1) is 14.7. The average molecular weight is 216 g/mol. The van der Waals surface area contributed by atoms with E-state index in [1.807, 2.05) is 6.08 Å². The molecule has 0 aromatic carbocycles. The van der Waals surface area contributed by atoms with Crippen LogP contribution in [0.2, 0.25) is 0 Å². The predicted octanol–water partition coefficient (Wildman–Crippen LogP) is 5.37. The van der Waals surface area contributed by atoms with Crippen LogP contribution in [-0.2, 0) is 0 Å². The Morgan fingerprint density at radius 1 is 0.625 bits per heavy atom. The van der Waals surface area contributed by atoms with Gasteiger partial charge >= 0.3 is 0 Å². The Morgan fingerprint density at radius 2 is 1.00 bits per heavy atom. The van der Waals surface area contributed by atoms with Gasteiger partial charge in [0.15, 0.2) is 0 Å². The van der Waals surface area contributed by atoms with Crippen LogP contribution in [0.15, 0.2) is 61.3 Å². The zero-order valence-electron chi connectivity index (χ0n) is 10.4. The molecular weight excluding hydrogens is 192 g/mol. The third-order valence-corrected chi connectivity index (χ3v) is 2.02. The summed E-state index contributed by atoms with van der Waals surface area (Å²) in [5.41, 5.74) is 0. The maximum Gasteiger partial charge on any atom is -0.0169 e. The van der Waals surface area contributed by atoms with E-state index in [9.17, 15) is 0 Å². The summed E-state index contributed by atoms with van der Waals surface area (Å²) < 4.78 is 0. The standard InChI is InChI=1S/C16H24/c1-3-5-7-9-11-13-15-16-14-12-10-8-6-4-2/h3,6-9,12-15H,1,4-5,10-11,16H2,2H3/b8-6-,9-7-,14-12-,15-13-. The molecule has 0 rings (SSSR count). The molecule has 0 nitrogen and oxygen atoms in total. The Balaban J connectivity index is 3.39. The highest BCUT2D eigenvalue weighted by Gasteiger charge is 1.73. The molecule has 0 radical (unpaired) electrons.